The smallest absolute Gasteiger partial charge is 0.320 e. The van der Waals surface area contributed by atoms with Gasteiger partial charge >= 0.3 is 5.97 Å². The minimum atomic E-state index is -4.94. The summed E-state index contributed by atoms with van der Waals surface area (Å²) in [5.41, 5.74) is 16.8. The van der Waals surface area contributed by atoms with Crippen LogP contribution >= 0.6 is 0 Å². The molecular weight excluding hydrogens is 664 g/mol. The quantitative estimate of drug-likeness (QED) is 0.122. The van der Waals surface area contributed by atoms with Crippen molar-refractivity contribution in [3.8, 4) is 39.4 Å². The highest BCUT2D eigenvalue weighted by Gasteiger charge is 2.38. The molecule has 4 aromatic rings. The standard InChI is InChI=1S/C34H34N2O6S.ClHO4/c1-42-29-18-15-23(20-30(29)43(39,40)41)31-26-16-13-21-8-2-4-10-24(21)32(26)36(19-7-6-12-28(35)34(37)38)33-25-11-5-3-9-22(25)14-17-27(31)33;2-1(3,4)5/h2-5,8-11,15,18,20,28H,6-7,12-14,16-17,19,35H2,1H3,(H-,37,38,39,40,41);(H,2,3,4,5). The molecule has 12 nitrogen and oxygen atoms in total. The van der Waals surface area contributed by atoms with E-state index in [1.807, 2.05) is 18.2 Å². The first-order valence-corrected chi connectivity index (χ1v) is 17.9. The normalized spacial score (nSPS) is 14.0. The number of aromatic nitrogens is 1. The molecule has 254 valence electrons. The molecule has 0 saturated carbocycles. The molecular formula is C34H35ClN2O10S. The van der Waals surface area contributed by atoms with Crippen molar-refractivity contribution in [2.75, 3.05) is 7.11 Å². The molecule has 0 spiro atoms. The maximum absolute atomic E-state index is 12.4. The predicted molar refractivity (Wildman–Crippen MR) is 164 cm³/mol. The number of fused-ring (bicyclic) bond motifs is 6. The van der Waals surface area contributed by atoms with Gasteiger partial charge < -0.3 is 15.6 Å². The fraction of sp³-hybridized carbons (Fsp3) is 0.294. The van der Waals surface area contributed by atoms with E-state index in [2.05, 4.69) is 41.0 Å². The van der Waals surface area contributed by atoms with E-state index < -0.39 is 32.4 Å². The van der Waals surface area contributed by atoms with Crippen LogP contribution in [0.15, 0.2) is 71.6 Å². The van der Waals surface area contributed by atoms with Crippen molar-refractivity contribution in [3.63, 3.8) is 0 Å². The topological polar surface area (TPSA) is 223 Å². The molecule has 2 aliphatic rings. The molecule has 0 aliphatic heterocycles. The lowest BCUT2D eigenvalue weighted by atomic mass is 9.77. The number of pyridine rings is 1. The maximum atomic E-state index is 12.4. The summed E-state index contributed by atoms with van der Waals surface area (Å²) in [5, 5.41) is 9.28. The van der Waals surface area contributed by atoms with Crippen LogP contribution in [0.2, 0.25) is 0 Å². The van der Waals surface area contributed by atoms with Crippen molar-refractivity contribution in [1.82, 2.24) is 0 Å². The Balaban J connectivity index is 0.000000840. The Morgan fingerprint density at radius 2 is 1.42 bits per heavy atom. The summed E-state index contributed by atoms with van der Waals surface area (Å²) in [6.45, 7) is 0.679. The van der Waals surface area contributed by atoms with Crippen molar-refractivity contribution in [2.24, 2.45) is 5.73 Å². The number of carboxylic acids is 1. The Hall–Kier alpha value is -3.92. The van der Waals surface area contributed by atoms with Crippen LogP contribution in [0.25, 0.3) is 33.6 Å². The molecule has 6 rings (SSSR count). The lowest BCUT2D eigenvalue weighted by molar-refractivity contribution is -2.00. The van der Waals surface area contributed by atoms with Gasteiger partial charge in [-0.1, -0.05) is 42.5 Å². The molecule has 0 radical (unpaired) electrons. The van der Waals surface area contributed by atoms with E-state index in [0.29, 0.717) is 19.4 Å². The Labute approximate surface area is 280 Å². The number of nitrogens with two attached hydrogens (primary N) is 1. The largest absolute Gasteiger partial charge is 0.495 e. The Bertz CT molecular complexity index is 1880. The van der Waals surface area contributed by atoms with Gasteiger partial charge in [-0.25, -0.2) is 18.6 Å². The van der Waals surface area contributed by atoms with Gasteiger partial charge in [0.25, 0.3) is 10.1 Å². The summed E-state index contributed by atoms with van der Waals surface area (Å²) in [5.74, 6) is -0.895. The van der Waals surface area contributed by atoms with E-state index in [4.69, 9.17) is 29.1 Å². The van der Waals surface area contributed by atoms with E-state index in [1.165, 1.54) is 24.3 Å². The molecule has 1 heterocycles. The molecule has 1 atom stereocenters. The van der Waals surface area contributed by atoms with Gasteiger partial charge in [0, 0.05) is 34.2 Å². The number of aliphatic carboxylic acids is 1. The monoisotopic (exact) mass is 698 g/mol. The van der Waals surface area contributed by atoms with Crippen molar-refractivity contribution in [2.45, 2.75) is 62.4 Å². The van der Waals surface area contributed by atoms with Crippen LogP contribution in [0.4, 0.5) is 0 Å². The summed E-state index contributed by atoms with van der Waals surface area (Å²) in [6, 6.07) is 20.9. The number of carboxylic acid groups (broad SMARTS) is 1. The minimum absolute atomic E-state index is 0.0928. The van der Waals surface area contributed by atoms with E-state index in [0.717, 1.165) is 76.9 Å². The second-order valence-electron chi connectivity index (χ2n) is 11.7. The number of benzene rings is 3. The number of hydrogen-bond donors (Lipinski definition) is 3. The number of rotatable bonds is 9. The molecule has 48 heavy (non-hydrogen) atoms. The highest BCUT2D eigenvalue weighted by atomic mass is 35.7. The summed E-state index contributed by atoms with van der Waals surface area (Å²) in [6.07, 6.45) is 5.06. The van der Waals surface area contributed by atoms with Crippen LogP contribution in [0, 0.1) is 10.2 Å². The molecule has 1 unspecified atom stereocenters. The number of ether oxygens (including phenoxy) is 1. The lowest BCUT2D eigenvalue weighted by Crippen LogP contribution is -2.68. The number of aryl methyl sites for hydroxylation is 2. The zero-order valence-electron chi connectivity index (χ0n) is 26.1. The number of hydrogen-bond acceptors (Lipinski definition) is 9. The van der Waals surface area contributed by atoms with Crippen LogP contribution in [-0.2, 0) is 47.1 Å². The number of nitrogens with zero attached hydrogens (tertiary/aromatic N) is 1. The molecule has 1 aromatic heterocycles. The summed E-state index contributed by atoms with van der Waals surface area (Å²) in [7, 11) is -8.09. The predicted octanol–water partition coefficient (Wildman–Crippen LogP) is 0.254. The van der Waals surface area contributed by atoms with Gasteiger partial charge in [-0.2, -0.15) is 13.0 Å². The Morgan fingerprint density at radius 1 is 0.896 bits per heavy atom. The van der Waals surface area contributed by atoms with Crippen molar-refractivity contribution < 1.29 is 61.1 Å². The zero-order valence-corrected chi connectivity index (χ0v) is 27.6. The van der Waals surface area contributed by atoms with Gasteiger partial charge in [-0.05, 0) is 79.5 Å². The minimum Gasteiger partial charge on any atom is -0.495 e. The van der Waals surface area contributed by atoms with Gasteiger partial charge in [0.1, 0.15) is 23.2 Å². The van der Waals surface area contributed by atoms with Crippen molar-refractivity contribution in [1.29, 1.82) is 0 Å². The summed E-state index contributed by atoms with van der Waals surface area (Å²) >= 11 is 0. The van der Waals surface area contributed by atoms with Gasteiger partial charge in [0.2, 0.25) is 11.4 Å². The van der Waals surface area contributed by atoms with Crippen LogP contribution in [0.1, 0.15) is 41.5 Å². The van der Waals surface area contributed by atoms with Crippen LogP contribution in [-0.4, -0.2) is 37.2 Å². The molecule has 0 fully saturated rings. The number of unbranched alkanes of at least 4 members (excludes halogenated alkanes) is 1. The first kappa shape index (κ1) is 35.4. The van der Waals surface area contributed by atoms with Crippen molar-refractivity contribution >= 4 is 16.1 Å². The second kappa shape index (κ2) is 14.3. The maximum Gasteiger partial charge on any atom is 0.320 e. The molecule has 0 bridgehead atoms. The van der Waals surface area contributed by atoms with Gasteiger partial charge in [-0.3, -0.25) is 9.35 Å². The Kier molecular flexibility index (Phi) is 10.5. The lowest BCUT2D eigenvalue weighted by Gasteiger charge is -2.28. The second-order valence-corrected chi connectivity index (χ2v) is 13.8. The third kappa shape index (κ3) is 7.69. The van der Waals surface area contributed by atoms with Gasteiger partial charge in [0.05, 0.1) is 7.11 Å². The van der Waals surface area contributed by atoms with Crippen molar-refractivity contribution in [3.05, 3.63) is 89.0 Å². The SMILES string of the molecule is COc1ccc(-c2c3c([n+](CCCCC(N)C(=O)O)c4c2CCc2ccccc2-4)-c2ccccc2CC3)cc1S(=O)(=O)O.[O-][Cl+3]([O-])([O-])[O-]. The summed E-state index contributed by atoms with van der Waals surface area (Å²) < 4.78 is 76.6. The number of halogens is 1. The molecule has 0 amide bonds. The first-order valence-electron chi connectivity index (χ1n) is 15.2. The van der Waals surface area contributed by atoms with E-state index in [-0.39, 0.29) is 10.6 Å². The highest BCUT2D eigenvalue weighted by Crippen LogP contribution is 2.45. The molecule has 3 aromatic carbocycles. The fourth-order valence-corrected chi connectivity index (χ4v) is 7.46. The fourth-order valence-electron chi connectivity index (χ4n) is 6.78. The van der Waals surface area contributed by atoms with Gasteiger partial charge in [0.15, 0.2) is 0 Å². The molecule has 0 saturated heterocycles. The third-order valence-corrected chi connectivity index (χ3v) is 9.62. The average molecular weight is 699 g/mol. The first-order chi connectivity index (χ1) is 22.7. The zero-order chi connectivity index (χ0) is 34.8. The molecule has 2 aliphatic carbocycles. The molecule has 14 heteroatoms. The number of carbonyl (C=O) groups is 1. The van der Waals surface area contributed by atoms with Crippen LogP contribution in [0.5, 0.6) is 5.75 Å². The van der Waals surface area contributed by atoms with Crippen LogP contribution < -0.4 is 33.7 Å². The third-order valence-electron chi connectivity index (χ3n) is 8.74. The van der Waals surface area contributed by atoms with E-state index >= 15 is 0 Å². The van der Waals surface area contributed by atoms with E-state index in [1.54, 1.807) is 6.07 Å². The Morgan fingerprint density at radius 3 is 1.90 bits per heavy atom. The highest BCUT2D eigenvalue weighted by molar-refractivity contribution is 7.86. The van der Waals surface area contributed by atoms with Crippen LogP contribution in [0.3, 0.4) is 0 Å². The summed E-state index contributed by atoms with van der Waals surface area (Å²) in [4.78, 5) is 11.1. The van der Waals surface area contributed by atoms with E-state index in [9.17, 15) is 22.9 Å². The number of methoxy groups -OCH3 is 1. The average Bonchev–Trinajstić information content (AvgIpc) is 3.04. The van der Waals surface area contributed by atoms with Gasteiger partial charge in [-0.15, -0.1) is 10.2 Å². The molecule has 4 N–H and O–H groups in total.